The molecule has 1 aliphatic rings. The predicted octanol–water partition coefficient (Wildman–Crippen LogP) is 5.97. The molecule has 0 bridgehead atoms. The van der Waals surface area contributed by atoms with Gasteiger partial charge in [0.2, 0.25) is 5.95 Å². The van der Waals surface area contributed by atoms with Crippen molar-refractivity contribution in [3.63, 3.8) is 0 Å². The third-order valence-electron chi connectivity index (χ3n) is 6.50. The smallest absolute Gasteiger partial charge is 0.229 e. The molecule has 1 aromatic heterocycles. The normalized spacial score (nSPS) is 15.5. The Morgan fingerprint density at radius 2 is 1.86 bits per heavy atom. The van der Waals surface area contributed by atoms with E-state index in [1.807, 2.05) is 56.3 Å². The Morgan fingerprint density at radius 3 is 2.56 bits per heavy atom. The van der Waals surface area contributed by atoms with Crippen molar-refractivity contribution in [2.24, 2.45) is 0 Å². The van der Waals surface area contributed by atoms with Crippen molar-refractivity contribution < 1.29 is 14.0 Å². The highest BCUT2D eigenvalue weighted by Gasteiger charge is 2.31. The number of hydroxylamine groups is 1. The Morgan fingerprint density at radius 1 is 1.14 bits per heavy atom. The molecule has 0 aliphatic carbocycles. The monoisotopic (exact) mass is 493 g/mol. The van der Waals surface area contributed by atoms with E-state index < -0.39 is 5.82 Å². The van der Waals surface area contributed by atoms with Crippen LogP contribution in [0.5, 0.6) is 5.75 Å². The molecule has 2 heterocycles. The lowest BCUT2D eigenvalue weighted by molar-refractivity contribution is 0.154. The van der Waals surface area contributed by atoms with Gasteiger partial charge in [0.25, 0.3) is 0 Å². The number of anilines is 3. The van der Waals surface area contributed by atoms with E-state index >= 15 is 0 Å². The van der Waals surface area contributed by atoms with Gasteiger partial charge in [-0.3, -0.25) is 4.84 Å². The summed E-state index contributed by atoms with van der Waals surface area (Å²) in [5.74, 6) is 0.807. The lowest BCUT2D eigenvalue weighted by atomic mass is 10.0. The van der Waals surface area contributed by atoms with Crippen LogP contribution in [0, 0.1) is 19.7 Å². The molecule has 0 saturated carbocycles. The van der Waals surface area contributed by atoms with E-state index in [9.17, 15) is 4.39 Å². The van der Waals surface area contributed by atoms with Crippen molar-refractivity contribution in [1.82, 2.24) is 14.9 Å². The number of rotatable bonds is 11. The van der Waals surface area contributed by atoms with Crippen molar-refractivity contribution in [1.29, 1.82) is 0 Å². The number of nitrogens with one attached hydrogen (secondary N) is 1. The molecule has 3 aromatic rings. The molecule has 2 aromatic carbocycles. The van der Waals surface area contributed by atoms with Gasteiger partial charge in [-0.15, -0.1) is 0 Å². The Bertz CT molecular complexity index is 1120. The highest BCUT2D eigenvalue weighted by Crippen LogP contribution is 2.36. The number of benzene rings is 2. The van der Waals surface area contributed by atoms with Crippen LogP contribution in [-0.2, 0) is 4.84 Å². The van der Waals surface area contributed by atoms with Crippen LogP contribution in [0.3, 0.4) is 0 Å². The SMILES string of the molecule is CCN(CC)CCCOc1c(C)cc(Nc2ncc(F)c(N3OCCC3c3ccccc3)n2)cc1C. The largest absolute Gasteiger partial charge is 0.493 e. The summed E-state index contributed by atoms with van der Waals surface area (Å²) in [5, 5.41) is 4.78. The molecule has 1 aliphatic heterocycles. The maximum absolute atomic E-state index is 14.8. The molecule has 1 N–H and O–H groups in total. The van der Waals surface area contributed by atoms with Gasteiger partial charge in [-0.25, -0.2) is 14.4 Å². The van der Waals surface area contributed by atoms with Crippen molar-refractivity contribution in [2.75, 3.05) is 43.2 Å². The van der Waals surface area contributed by atoms with Crippen molar-refractivity contribution in [3.05, 3.63) is 71.2 Å². The van der Waals surface area contributed by atoms with E-state index in [0.29, 0.717) is 19.2 Å². The van der Waals surface area contributed by atoms with Gasteiger partial charge in [0.1, 0.15) is 5.75 Å². The molecule has 1 fully saturated rings. The number of hydrogen-bond donors (Lipinski definition) is 1. The molecule has 7 nitrogen and oxygen atoms in total. The van der Waals surface area contributed by atoms with Gasteiger partial charge in [0.05, 0.1) is 25.5 Å². The van der Waals surface area contributed by atoms with Gasteiger partial charge in [-0.05, 0) is 62.2 Å². The van der Waals surface area contributed by atoms with Gasteiger partial charge in [-0.1, -0.05) is 44.2 Å². The van der Waals surface area contributed by atoms with Gasteiger partial charge in [0.15, 0.2) is 11.6 Å². The first kappa shape index (κ1) is 25.9. The molecule has 1 unspecified atom stereocenters. The second kappa shape index (κ2) is 12.1. The maximum Gasteiger partial charge on any atom is 0.229 e. The number of aromatic nitrogens is 2. The van der Waals surface area contributed by atoms with Crippen LogP contribution < -0.4 is 15.1 Å². The van der Waals surface area contributed by atoms with Gasteiger partial charge < -0.3 is 15.0 Å². The number of ether oxygens (including phenoxy) is 1. The Balaban J connectivity index is 1.46. The van der Waals surface area contributed by atoms with Crippen LogP contribution in [0.15, 0.2) is 48.7 Å². The molecule has 1 saturated heterocycles. The van der Waals surface area contributed by atoms with Gasteiger partial charge >= 0.3 is 0 Å². The number of nitrogens with zero attached hydrogens (tertiary/aromatic N) is 4. The summed E-state index contributed by atoms with van der Waals surface area (Å²) in [6.07, 6.45) is 2.92. The van der Waals surface area contributed by atoms with Crippen molar-refractivity contribution in [2.45, 2.75) is 46.6 Å². The van der Waals surface area contributed by atoms with Crippen molar-refractivity contribution in [3.8, 4) is 5.75 Å². The summed E-state index contributed by atoms with van der Waals surface area (Å²) in [5.41, 5.74) is 3.92. The summed E-state index contributed by atoms with van der Waals surface area (Å²) < 4.78 is 20.9. The van der Waals surface area contributed by atoms with E-state index in [1.165, 1.54) is 6.20 Å². The molecule has 0 spiro atoms. The summed E-state index contributed by atoms with van der Waals surface area (Å²) in [6, 6.07) is 13.8. The number of halogens is 1. The summed E-state index contributed by atoms with van der Waals surface area (Å²) in [6.45, 7) is 12.7. The topological polar surface area (TPSA) is 62.8 Å². The zero-order valence-electron chi connectivity index (χ0n) is 21.6. The first-order valence-electron chi connectivity index (χ1n) is 12.7. The van der Waals surface area contributed by atoms with Crippen molar-refractivity contribution >= 4 is 17.5 Å². The first-order valence-corrected chi connectivity index (χ1v) is 12.7. The fourth-order valence-electron chi connectivity index (χ4n) is 4.61. The molecule has 192 valence electrons. The minimum absolute atomic E-state index is 0.105. The fourth-order valence-corrected chi connectivity index (χ4v) is 4.61. The summed E-state index contributed by atoms with van der Waals surface area (Å²) in [4.78, 5) is 16.8. The minimum Gasteiger partial charge on any atom is -0.493 e. The van der Waals surface area contributed by atoms with Crippen LogP contribution in [0.1, 0.15) is 49.4 Å². The summed E-state index contributed by atoms with van der Waals surface area (Å²) in [7, 11) is 0. The molecule has 36 heavy (non-hydrogen) atoms. The molecule has 8 heteroatoms. The highest BCUT2D eigenvalue weighted by atomic mass is 19.1. The van der Waals surface area contributed by atoms with Crippen LogP contribution in [-0.4, -0.2) is 47.7 Å². The average molecular weight is 494 g/mol. The number of hydrogen-bond acceptors (Lipinski definition) is 7. The molecule has 4 rings (SSSR count). The maximum atomic E-state index is 14.8. The molecule has 0 amide bonds. The minimum atomic E-state index is -0.524. The summed E-state index contributed by atoms with van der Waals surface area (Å²) >= 11 is 0. The van der Waals surface area contributed by atoms with E-state index in [-0.39, 0.29) is 11.9 Å². The van der Waals surface area contributed by atoms with E-state index in [0.717, 1.165) is 60.6 Å². The molecular formula is C28H36FN5O2. The van der Waals surface area contributed by atoms with E-state index in [2.05, 4.69) is 34.0 Å². The second-order valence-corrected chi connectivity index (χ2v) is 9.03. The zero-order valence-corrected chi connectivity index (χ0v) is 21.6. The highest BCUT2D eigenvalue weighted by molar-refractivity contribution is 5.61. The average Bonchev–Trinajstić information content (AvgIpc) is 3.37. The van der Waals surface area contributed by atoms with Crippen LogP contribution in [0.25, 0.3) is 0 Å². The standard InChI is InChI=1S/C28H36FN5O2/c1-5-33(6-2)14-10-15-35-26-20(3)17-23(18-21(26)4)31-28-30-19-24(29)27(32-28)34-25(13-16-36-34)22-11-8-7-9-12-22/h7-9,11-12,17-19,25H,5-6,10,13-16H2,1-4H3,(H,30,31,32). The van der Waals surface area contributed by atoms with Gasteiger partial charge in [0, 0.05) is 18.7 Å². The molecule has 1 atom stereocenters. The first-order chi connectivity index (χ1) is 17.5. The van der Waals surface area contributed by atoms with Crippen LogP contribution in [0.4, 0.5) is 21.8 Å². The second-order valence-electron chi connectivity index (χ2n) is 9.03. The third-order valence-corrected chi connectivity index (χ3v) is 6.50. The fraction of sp³-hybridized carbons (Fsp3) is 0.429. The Labute approximate surface area is 213 Å². The molecule has 0 radical (unpaired) electrons. The van der Waals surface area contributed by atoms with Crippen LogP contribution in [0.2, 0.25) is 0 Å². The Kier molecular flexibility index (Phi) is 8.72. The van der Waals surface area contributed by atoms with E-state index in [4.69, 9.17) is 9.57 Å². The lowest BCUT2D eigenvalue weighted by Gasteiger charge is -2.24. The Hall–Kier alpha value is -3.23. The lowest BCUT2D eigenvalue weighted by Crippen LogP contribution is -2.25. The van der Waals surface area contributed by atoms with Crippen LogP contribution >= 0.6 is 0 Å². The zero-order chi connectivity index (χ0) is 25.5. The third kappa shape index (κ3) is 6.12. The van der Waals surface area contributed by atoms with E-state index in [1.54, 1.807) is 5.06 Å². The number of aryl methyl sites for hydroxylation is 2. The quantitative estimate of drug-likeness (QED) is 0.330. The van der Waals surface area contributed by atoms with Gasteiger partial charge in [-0.2, -0.15) is 4.98 Å². The molecular weight excluding hydrogens is 457 g/mol. The predicted molar refractivity (Wildman–Crippen MR) is 141 cm³/mol.